The number of carbonyl (C=O) groups excluding carboxylic acids is 1. The van der Waals surface area contributed by atoms with E-state index in [4.69, 9.17) is 9.47 Å². The Bertz CT molecular complexity index is 431. The zero-order chi connectivity index (χ0) is 14.2. The number of ether oxygens (including phenoxy) is 2. The molecule has 1 fully saturated rings. The van der Waals surface area contributed by atoms with E-state index in [9.17, 15) is 4.79 Å². The van der Waals surface area contributed by atoms with E-state index < -0.39 is 0 Å². The molecule has 2 N–H and O–H groups in total. The van der Waals surface area contributed by atoms with Gasteiger partial charge in [-0.1, -0.05) is 12.1 Å². The highest BCUT2D eigenvalue weighted by atomic mass is 16.5. The van der Waals surface area contributed by atoms with Gasteiger partial charge in [0.05, 0.1) is 19.8 Å². The van der Waals surface area contributed by atoms with Crippen LogP contribution < -0.4 is 10.6 Å². The fraction of sp³-hybridized carbons (Fsp3) is 0.533. The molecule has 1 amide bonds. The molecule has 1 atom stereocenters. The van der Waals surface area contributed by atoms with Gasteiger partial charge in [-0.15, -0.1) is 0 Å². The molecule has 0 bridgehead atoms. The molecule has 5 heteroatoms. The van der Waals surface area contributed by atoms with Crippen molar-refractivity contribution in [3.63, 3.8) is 0 Å². The summed E-state index contributed by atoms with van der Waals surface area (Å²) in [6.45, 7) is 5.34. The minimum atomic E-state index is 0.00144. The van der Waals surface area contributed by atoms with Crippen molar-refractivity contribution < 1.29 is 14.3 Å². The number of benzene rings is 1. The third-order valence-electron chi connectivity index (χ3n) is 3.11. The summed E-state index contributed by atoms with van der Waals surface area (Å²) in [6.07, 6.45) is 0.426. The average Bonchev–Trinajstić information content (AvgIpc) is 2.46. The van der Waals surface area contributed by atoms with Crippen LogP contribution in [0.1, 0.15) is 18.9 Å². The van der Waals surface area contributed by atoms with Gasteiger partial charge < -0.3 is 20.1 Å². The first-order valence-electron chi connectivity index (χ1n) is 7.05. The van der Waals surface area contributed by atoms with Gasteiger partial charge in [0.2, 0.25) is 5.91 Å². The Hall–Kier alpha value is -1.43. The van der Waals surface area contributed by atoms with Gasteiger partial charge in [-0.2, -0.15) is 0 Å². The first-order valence-corrected chi connectivity index (χ1v) is 7.05. The highest BCUT2D eigenvalue weighted by Gasteiger charge is 2.16. The zero-order valence-electron chi connectivity index (χ0n) is 11.9. The second-order valence-electron chi connectivity index (χ2n) is 4.82. The summed E-state index contributed by atoms with van der Waals surface area (Å²) in [7, 11) is 0. The van der Waals surface area contributed by atoms with E-state index in [1.54, 1.807) is 0 Å². The molecule has 1 aliphatic rings. The highest BCUT2D eigenvalue weighted by molar-refractivity contribution is 5.91. The van der Waals surface area contributed by atoms with Crippen LogP contribution in [0.5, 0.6) is 0 Å². The van der Waals surface area contributed by atoms with Gasteiger partial charge in [-0.3, -0.25) is 4.79 Å². The van der Waals surface area contributed by atoms with Gasteiger partial charge in [0.15, 0.2) is 0 Å². The molecule has 0 aliphatic carbocycles. The summed E-state index contributed by atoms with van der Waals surface area (Å²) in [5, 5.41) is 6.19. The van der Waals surface area contributed by atoms with Crippen molar-refractivity contribution >= 4 is 11.6 Å². The van der Waals surface area contributed by atoms with E-state index in [1.807, 2.05) is 31.2 Å². The summed E-state index contributed by atoms with van der Waals surface area (Å²) in [6, 6.07) is 7.85. The standard InChI is InChI=1S/C15H22N2O3/c1-2-19-10-12-4-3-5-13(8-12)17-15(18)9-14-11-20-7-6-16-14/h3-5,8,14,16H,2,6-7,9-11H2,1H3,(H,17,18). The topological polar surface area (TPSA) is 59.6 Å². The highest BCUT2D eigenvalue weighted by Crippen LogP contribution is 2.12. The summed E-state index contributed by atoms with van der Waals surface area (Å²) in [4.78, 5) is 12.0. The molecule has 1 aliphatic heterocycles. The number of hydrogen-bond acceptors (Lipinski definition) is 4. The van der Waals surface area contributed by atoms with Crippen molar-refractivity contribution in [2.75, 3.05) is 31.7 Å². The molecule has 0 radical (unpaired) electrons. The minimum absolute atomic E-state index is 0.00144. The molecule has 5 nitrogen and oxygen atoms in total. The molecule has 1 heterocycles. The van der Waals surface area contributed by atoms with E-state index in [0.29, 0.717) is 26.2 Å². The van der Waals surface area contributed by atoms with E-state index in [-0.39, 0.29) is 11.9 Å². The van der Waals surface area contributed by atoms with E-state index in [1.165, 1.54) is 0 Å². The first kappa shape index (κ1) is 15.0. The van der Waals surface area contributed by atoms with E-state index in [0.717, 1.165) is 24.4 Å². The first-order chi connectivity index (χ1) is 9.78. The van der Waals surface area contributed by atoms with Crippen molar-refractivity contribution in [1.82, 2.24) is 5.32 Å². The maximum absolute atomic E-state index is 12.0. The number of rotatable bonds is 6. The van der Waals surface area contributed by atoms with Crippen LogP contribution in [0.15, 0.2) is 24.3 Å². The number of morpholine rings is 1. The predicted octanol–water partition coefficient (Wildman–Crippen LogP) is 1.54. The van der Waals surface area contributed by atoms with Crippen LogP contribution in [-0.4, -0.2) is 38.3 Å². The summed E-state index contributed by atoms with van der Waals surface area (Å²) in [5.41, 5.74) is 1.87. The Morgan fingerprint density at radius 3 is 3.20 bits per heavy atom. The van der Waals surface area contributed by atoms with Gasteiger partial charge >= 0.3 is 0 Å². The lowest BCUT2D eigenvalue weighted by Gasteiger charge is -2.23. The number of nitrogens with one attached hydrogen (secondary N) is 2. The van der Waals surface area contributed by atoms with Gasteiger partial charge in [0.1, 0.15) is 0 Å². The predicted molar refractivity (Wildman–Crippen MR) is 77.6 cm³/mol. The molecule has 110 valence electrons. The fourth-order valence-corrected chi connectivity index (χ4v) is 2.15. The third-order valence-corrected chi connectivity index (χ3v) is 3.11. The molecule has 1 aromatic rings. The molecule has 2 rings (SSSR count). The molecule has 20 heavy (non-hydrogen) atoms. The minimum Gasteiger partial charge on any atom is -0.378 e. The van der Waals surface area contributed by atoms with Gasteiger partial charge in [0.25, 0.3) is 0 Å². The van der Waals surface area contributed by atoms with Crippen LogP contribution in [0.4, 0.5) is 5.69 Å². The van der Waals surface area contributed by atoms with Crippen LogP contribution >= 0.6 is 0 Å². The van der Waals surface area contributed by atoms with Gasteiger partial charge in [-0.05, 0) is 24.6 Å². The van der Waals surface area contributed by atoms with Crippen molar-refractivity contribution in [3.8, 4) is 0 Å². The monoisotopic (exact) mass is 278 g/mol. The van der Waals surface area contributed by atoms with Crippen LogP contribution in [0.3, 0.4) is 0 Å². The van der Waals surface area contributed by atoms with E-state index in [2.05, 4.69) is 10.6 Å². The Balaban J connectivity index is 1.83. The lowest BCUT2D eigenvalue weighted by Crippen LogP contribution is -2.43. The van der Waals surface area contributed by atoms with Gasteiger partial charge in [-0.25, -0.2) is 0 Å². The molecule has 0 spiro atoms. The SMILES string of the molecule is CCOCc1cccc(NC(=O)CC2COCCN2)c1. The van der Waals surface area contributed by atoms with Crippen molar-refractivity contribution in [3.05, 3.63) is 29.8 Å². The lowest BCUT2D eigenvalue weighted by atomic mass is 10.1. The Labute approximate surface area is 119 Å². The Morgan fingerprint density at radius 2 is 2.45 bits per heavy atom. The Morgan fingerprint density at radius 1 is 1.55 bits per heavy atom. The largest absolute Gasteiger partial charge is 0.378 e. The number of anilines is 1. The summed E-state index contributed by atoms with van der Waals surface area (Å²) in [5.74, 6) is 0.00144. The lowest BCUT2D eigenvalue weighted by molar-refractivity contribution is -0.117. The molecular weight excluding hydrogens is 256 g/mol. The number of carbonyl (C=O) groups is 1. The fourth-order valence-electron chi connectivity index (χ4n) is 2.15. The van der Waals surface area contributed by atoms with E-state index >= 15 is 0 Å². The van der Waals surface area contributed by atoms with Crippen molar-refractivity contribution in [2.24, 2.45) is 0 Å². The summed E-state index contributed by atoms with van der Waals surface area (Å²) >= 11 is 0. The smallest absolute Gasteiger partial charge is 0.226 e. The normalized spacial score (nSPS) is 18.8. The maximum atomic E-state index is 12.0. The average molecular weight is 278 g/mol. The second kappa shape index (κ2) is 7.99. The molecule has 1 saturated heterocycles. The molecule has 1 unspecified atom stereocenters. The molecule has 0 aromatic heterocycles. The summed E-state index contributed by atoms with van der Waals surface area (Å²) < 4.78 is 10.7. The number of amides is 1. The van der Waals surface area contributed by atoms with Crippen LogP contribution in [0, 0.1) is 0 Å². The third kappa shape index (κ3) is 4.92. The molecule has 1 aromatic carbocycles. The van der Waals surface area contributed by atoms with Crippen LogP contribution in [-0.2, 0) is 20.9 Å². The molecule has 0 saturated carbocycles. The van der Waals surface area contributed by atoms with Crippen LogP contribution in [0.25, 0.3) is 0 Å². The van der Waals surface area contributed by atoms with Crippen molar-refractivity contribution in [2.45, 2.75) is 26.0 Å². The Kier molecular flexibility index (Phi) is 5.98. The van der Waals surface area contributed by atoms with Gasteiger partial charge in [0, 0.05) is 31.3 Å². The quantitative estimate of drug-likeness (QED) is 0.828. The molecular formula is C15H22N2O3. The second-order valence-corrected chi connectivity index (χ2v) is 4.82. The zero-order valence-corrected chi connectivity index (χ0v) is 11.9. The van der Waals surface area contributed by atoms with Crippen LogP contribution in [0.2, 0.25) is 0 Å². The maximum Gasteiger partial charge on any atom is 0.226 e. The van der Waals surface area contributed by atoms with Crippen molar-refractivity contribution in [1.29, 1.82) is 0 Å². The number of hydrogen-bond donors (Lipinski definition) is 2.